The molecule has 2 aromatic heterocycles. The summed E-state index contributed by atoms with van der Waals surface area (Å²) in [4.78, 5) is 25.1. The minimum absolute atomic E-state index is 0.0137. The van der Waals surface area contributed by atoms with Gasteiger partial charge in [0.05, 0.1) is 11.5 Å². The molecule has 3 aromatic rings. The molecule has 1 N–H and O–H groups in total. The van der Waals surface area contributed by atoms with Crippen molar-refractivity contribution in [1.29, 1.82) is 0 Å². The molecule has 170 valence electrons. The summed E-state index contributed by atoms with van der Waals surface area (Å²) >= 11 is 0. The van der Waals surface area contributed by atoms with E-state index >= 15 is 0 Å². The minimum Gasteiger partial charge on any atom is -0.460 e. The zero-order valence-electron chi connectivity index (χ0n) is 18.4. The Kier molecular flexibility index (Phi) is 5.15. The van der Waals surface area contributed by atoms with E-state index in [4.69, 9.17) is 8.83 Å². The van der Waals surface area contributed by atoms with E-state index in [9.17, 15) is 18.0 Å². The molecule has 0 spiro atoms. The van der Waals surface area contributed by atoms with Crippen LogP contribution in [0.5, 0.6) is 0 Å². The molecule has 2 aliphatic rings. The van der Waals surface area contributed by atoms with Crippen molar-refractivity contribution in [2.45, 2.75) is 64.8 Å². The van der Waals surface area contributed by atoms with E-state index in [0.717, 1.165) is 58.9 Å². The summed E-state index contributed by atoms with van der Waals surface area (Å²) in [6, 6.07) is 1.72. The van der Waals surface area contributed by atoms with Gasteiger partial charge in [-0.15, -0.1) is 0 Å². The predicted molar refractivity (Wildman–Crippen MR) is 122 cm³/mol. The summed E-state index contributed by atoms with van der Waals surface area (Å²) in [6.07, 6.45) is 4.99. The summed E-state index contributed by atoms with van der Waals surface area (Å²) < 4.78 is 35.0. The van der Waals surface area contributed by atoms with E-state index in [1.54, 1.807) is 0 Å². The maximum absolute atomic E-state index is 12.8. The maximum atomic E-state index is 12.8. The fourth-order valence-electron chi connectivity index (χ4n) is 5.15. The molecule has 0 unspecified atom stereocenters. The van der Waals surface area contributed by atoms with Crippen LogP contribution in [-0.4, -0.2) is 31.9 Å². The molecule has 1 aliphatic heterocycles. The van der Waals surface area contributed by atoms with Crippen LogP contribution >= 0.6 is 0 Å². The Hall–Kier alpha value is -2.61. The second-order valence-corrected chi connectivity index (χ2v) is 11.4. The summed E-state index contributed by atoms with van der Waals surface area (Å²) in [5.41, 5.74) is 4.30. The number of nitrogens with one attached hydrogen (secondary N) is 1. The quantitative estimate of drug-likeness (QED) is 0.603. The van der Waals surface area contributed by atoms with E-state index in [2.05, 4.69) is 11.4 Å². The molecule has 0 radical (unpaired) electrons. The molecule has 1 fully saturated rings. The minimum atomic E-state index is -3.06. The van der Waals surface area contributed by atoms with Crippen molar-refractivity contribution >= 4 is 37.7 Å². The molecule has 1 atom stereocenters. The Morgan fingerprint density at radius 2 is 1.84 bits per heavy atom. The van der Waals surface area contributed by atoms with Gasteiger partial charge in [0.25, 0.3) is 0 Å². The zero-order chi connectivity index (χ0) is 22.6. The average Bonchev–Trinajstić information content (AvgIpc) is 3.28. The van der Waals surface area contributed by atoms with Crippen LogP contribution < -0.4 is 10.9 Å². The number of carbonyl (C=O) groups excluding carboxylic acids is 1. The molecular formula is C24H27NO6S. The number of hydrogen-bond acceptors (Lipinski definition) is 6. The molecule has 0 saturated carbocycles. The SMILES string of the molecule is Cc1c(CCC(=O)N[C@@H]2CCS(=O)(=O)C2)c(=O)oc2c(C)c3oc4c(c3cc12)CCCC4. The highest BCUT2D eigenvalue weighted by Gasteiger charge is 2.29. The molecular weight excluding hydrogens is 430 g/mol. The van der Waals surface area contributed by atoms with E-state index in [-0.39, 0.29) is 36.3 Å². The van der Waals surface area contributed by atoms with Crippen molar-refractivity contribution in [3.8, 4) is 0 Å². The van der Waals surface area contributed by atoms with Crippen LogP contribution in [0.3, 0.4) is 0 Å². The van der Waals surface area contributed by atoms with Crippen LogP contribution in [-0.2, 0) is 33.9 Å². The van der Waals surface area contributed by atoms with Gasteiger partial charge in [0, 0.05) is 46.3 Å². The molecule has 1 saturated heterocycles. The average molecular weight is 458 g/mol. The largest absolute Gasteiger partial charge is 0.460 e. The van der Waals surface area contributed by atoms with Crippen LogP contribution in [0.1, 0.15) is 53.7 Å². The first-order valence-electron chi connectivity index (χ1n) is 11.2. The van der Waals surface area contributed by atoms with Crippen LogP contribution in [0, 0.1) is 13.8 Å². The number of sulfone groups is 1. The normalized spacial score (nSPS) is 20.0. The number of rotatable bonds is 4. The number of fused-ring (bicyclic) bond motifs is 4. The van der Waals surface area contributed by atoms with Gasteiger partial charge in [0.1, 0.15) is 16.9 Å². The second-order valence-electron chi connectivity index (χ2n) is 9.13. The van der Waals surface area contributed by atoms with Crippen LogP contribution in [0.4, 0.5) is 0 Å². The van der Waals surface area contributed by atoms with Crippen LogP contribution in [0.15, 0.2) is 19.7 Å². The number of aryl methyl sites for hydroxylation is 4. The van der Waals surface area contributed by atoms with Crippen LogP contribution in [0.2, 0.25) is 0 Å². The molecule has 0 bridgehead atoms. The fraction of sp³-hybridized carbons (Fsp3) is 0.500. The first-order chi connectivity index (χ1) is 15.2. The van der Waals surface area contributed by atoms with Gasteiger partial charge in [-0.25, -0.2) is 13.2 Å². The van der Waals surface area contributed by atoms with Gasteiger partial charge in [0.2, 0.25) is 5.91 Å². The maximum Gasteiger partial charge on any atom is 0.339 e. The Balaban J connectivity index is 1.45. The van der Waals surface area contributed by atoms with Crippen molar-refractivity contribution in [3.05, 3.63) is 44.5 Å². The van der Waals surface area contributed by atoms with E-state index < -0.39 is 15.5 Å². The van der Waals surface area contributed by atoms with Crippen molar-refractivity contribution in [2.24, 2.45) is 0 Å². The van der Waals surface area contributed by atoms with Crippen molar-refractivity contribution < 1.29 is 22.0 Å². The summed E-state index contributed by atoms with van der Waals surface area (Å²) in [5.74, 6) is 0.883. The molecule has 32 heavy (non-hydrogen) atoms. The van der Waals surface area contributed by atoms with E-state index in [1.165, 1.54) is 5.56 Å². The van der Waals surface area contributed by atoms with E-state index in [1.807, 2.05) is 13.8 Å². The Morgan fingerprint density at radius 3 is 2.59 bits per heavy atom. The highest BCUT2D eigenvalue weighted by atomic mass is 32.2. The standard InChI is InChI=1S/C24H27NO6S/c1-13-16(7-8-21(26)25-15-9-10-32(28,29)12-15)24(27)31-22-14(2)23-19(11-18(13)22)17-5-3-4-6-20(17)30-23/h11,15H,3-10,12H2,1-2H3,(H,25,26)/t15-/m1/s1. The highest BCUT2D eigenvalue weighted by Crippen LogP contribution is 2.38. The Labute approximate surface area is 186 Å². The first kappa shape index (κ1) is 21.2. The van der Waals surface area contributed by atoms with Crippen LogP contribution in [0.25, 0.3) is 21.9 Å². The fourth-order valence-corrected chi connectivity index (χ4v) is 6.83. The van der Waals surface area contributed by atoms with Gasteiger partial charge in [-0.2, -0.15) is 0 Å². The number of amides is 1. The lowest BCUT2D eigenvalue weighted by Gasteiger charge is -2.12. The van der Waals surface area contributed by atoms with Gasteiger partial charge >= 0.3 is 5.63 Å². The Bertz CT molecular complexity index is 1410. The molecule has 5 rings (SSSR count). The van der Waals surface area contributed by atoms with Gasteiger partial charge in [-0.3, -0.25) is 4.79 Å². The predicted octanol–water partition coefficient (Wildman–Crippen LogP) is 3.27. The molecule has 1 amide bonds. The zero-order valence-corrected chi connectivity index (χ0v) is 19.2. The molecule has 8 heteroatoms. The van der Waals surface area contributed by atoms with Crippen molar-refractivity contribution in [3.63, 3.8) is 0 Å². The topological polar surface area (TPSA) is 107 Å². The third kappa shape index (κ3) is 3.64. The molecule has 1 aromatic carbocycles. The molecule has 1 aliphatic carbocycles. The third-order valence-corrected chi connectivity index (χ3v) is 8.69. The lowest BCUT2D eigenvalue weighted by Crippen LogP contribution is -2.35. The first-order valence-corrected chi connectivity index (χ1v) is 13.1. The lowest BCUT2D eigenvalue weighted by atomic mass is 9.93. The monoisotopic (exact) mass is 457 g/mol. The lowest BCUT2D eigenvalue weighted by molar-refractivity contribution is -0.121. The molecule has 3 heterocycles. The van der Waals surface area contributed by atoms with Gasteiger partial charge in [0.15, 0.2) is 9.84 Å². The summed E-state index contributed by atoms with van der Waals surface area (Å²) in [5, 5.41) is 4.75. The van der Waals surface area contributed by atoms with Gasteiger partial charge < -0.3 is 14.2 Å². The number of benzene rings is 1. The Morgan fingerprint density at radius 1 is 1.09 bits per heavy atom. The smallest absolute Gasteiger partial charge is 0.339 e. The van der Waals surface area contributed by atoms with Crippen molar-refractivity contribution in [1.82, 2.24) is 5.32 Å². The number of hydrogen-bond donors (Lipinski definition) is 1. The van der Waals surface area contributed by atoms with Gasteiger partial charge in [-0.1, -0.05) is 0 Å². The third-order valence-electron chi connectivity index (χ3n) is 6.92. The number of carbonyl (C=O) groups is 1. The van der Waals surface area contributed by atoms with E-state index in [0.29, 0.717) is 17.6 Å². The summed E-state index contributed by atoms with van der Waals surface area (Å²) in [6.45, 7) is 3.82. The molecule has 7 nitrogen and oxygen atoms in total. The van der Waals surface area contributed by atoms with Gasteiger partial charge in [-0.05, 0) is 57.6 Å². The van der Waals surface area contributed by atoms with Crippen molar-refractivity contribution in [2.75, 3.05) is 11.5 Å². The highest BCUT2D eigenvalue weighted by molar-refractivity contribution is 7.91. The second kappa shape index (κ2) is 7.76. The number of furan rings is 1. The summed E-state index contributed by atoms with van der Waals surface area (Å²) in [7, 11) is -3.06.